The number of carbonyl (C=O) groups is 1. The van der Waals surface area contributed by atoms with Gasteiger partial charge in [0.1, 0.15) is 16.2 Å². The Hall–Kier alpha value is -3.13. The normalized spacial score (nSPS) is 24.6. The summed E-state index contributed by atoms with van der Waals surface area (Å²) in [5.74, 6) is -0.302. The van der Waals surface area contributed by atoms with E-state index in [-0.39, 0.29) is 33.5 Å². The lowest BCUT2D eigenvalue weighted by atomic mass is 9.67. The highest BCUT2D eigenvalue weighted by Gasteiger charge is 2.48. The van der Waals surface area contributed by atoms with Crippen molar-refractivity contribution in [3.05, 3.63) is 59.2 Å². The molecule has 4 N–H and O–H groups in total. The molecule has 0 radical (unpaired) electrons. The van der Waals surface area contributed by atoms with E-state index in [1.54, 1.807) is 18.2 Å². The molecule has 8 heteroatoms. The van der Waals surface area contributed by atoms with Crippen molar-refractivity contribution in [3.63, 3.8) is 0 Å². The lowest BCUT2D eigenvalue weighted by Crippen LogP contribution is -2.42. The van der Waals surface area contributed by atoms with Gasteiger partial charge in [-0.2, -0.15) is 8.42 Å². The number of hydrogen-bond donors (Lipinski definition) is 3. The number of fused-ring (bicyclic) bond motifs is 2. The zero-order valence-electron chi connectivity index (χ0n) is 16.3. The Labute approximate surface area is 174 Å². The fraction of sp³-hybridized carbons (Fsp3) is 0.273. The van der Waals surface area contributed by atoms with Crippen LogP contribution in [0.25, 0.3) is 5.76 Å². The van der Waals surface area contributed by atoms with Crippen molar-refractivity contribution >= 4 is 38.8 Å². The molecule has 1 saturated carbocycles. The van der Waals surface area contributed by atoms with E-state index >= 15 is 0 Å². The first-order valence-corrected chi connectivity index (χ1v) is 11.2. The summed E-state index contributed by atoms with van der Waals surface area (Å²) >= 11 is 0. The predicted octanol–water partition coefficient (Wildman–Crippen LogP) is 3.39. The number of sulfonamides is 1. The van der Waals surface area contributed by atoms with Crippen LogP contribution in [0.1, 0.15) is 37.3 Å². The fourth-order valence-corrected chi connectivity index (χ4v) is 5.57. The third-order valence-corrected chi connectivity index (χ3v) is 7.44. The van der Waals surface area contributed by atoms with Gasteiger partial charge in [-0.05, 0) is 43.0 Å². The minimum atomic E-state index is -4.09. The first-order valence-electron chi connectivity index (χ1n) is 9.80. The summed E-state index contributed by atoms with van der Waals surface area (Å²) in [5.41, 5.74) is 6.61. The van der Waals surface area contributed by atoms with E-state index in [0.717, 1.165) is 18.4 Å². The topological polar surface area (TPSA) is 122 Å². The number of rotatable bonds is 3. The predicted molar refractivity (Wildman–Crippen MR) is 115 cm³/mol. The number of benzene rings is 2. The average molecular weight is 423 g/mol. The second-order valence-electron chi connectivity index (χ2n) is 8.37. The van der Waals surface area contributed by atoms with Gasteiger partial charge in [0.25, 0.3) is 10.0 Å². The van der Waals surface area contributed by atoms with Crippen molar-refractivity contribution in [1.29, 1.82) is 0 Å². The SMILES string of the molecule is CC1(CC2CC2)C(=O)C(C2=NS(=O)(=O)c3cc(N)ccc3N2)=C(O)c2ccccc21. The Morgan fingerprint density at radius 2 is 1.97 bits per heavy atom. The van der Waals surface area contributed by atoms with E-state index in [4.69, 9.17) is 5.73 Å². The lowest BCUT2D eigenvalue weighted by molar-refractivity contribution is -0.120. The average Bonchev–Trinajstić information content (AvgIpc) is 3.51. The molecule has 2 aromatic carbocycles. The summed E-state index contributed by atoms with van der Waals surface area (Å²) < 4.78 is 29.4. The highest BCUT2D eigenvalue weighted by Crippen LogP contribution is 2.48. The summed E-state index contributed by atoms with van der Waals surface area (Å²) in [6.45, 7) is 1.87. The monoisotopic (exact) mass is 423 g/mol. The zero-order valence-corrected chi connectivity index (χ0v) is 17.2. The molecule has 0 aromatic heterocycles. The van der Waals surface area contributed by atoms with Crippen LogP contribution in [0.5, 0.6) is 0 Å². The van der Waals surface area contributed by atoms with Crippen LogP contribution < -0.4 is 11.1 Å². The van der Waals surface area contributed by atoms with Gasteiger partial charge in [0, 0.05) is 11.3 Å². The van der Waals surface area contributed by atoms with Gasteiger partial charge in [-0.1, -0.05) is 37.1 Å². The van der Waals surface area contributed by atoms with E-state index in [9.17, 15) is 18.3 Å². The number of Topliss-reactive ketones (excluding diaryl/α,β-unsaturated/α-hetero) is 1. The van der Waals surface area contributed by atoms with Gasteiger partial charge >= 0.3 is 0 Å². The molecule has 3 aliphatic rings. The Morgan fingerprint density at radius 1 is 1.23 bits per heavy atom. The number of nitrogens with one attached hydrogen (secondary N) is 1. The standard InChI is InChI=1S/C22H21N3O4S/c1-22(11-12-6-7-12)15-5-3-2-4-14(15)19(26)18(20(22)27)21-24-16-9-8-13(23)10-17(16)30(28,29)25-21/h2-5,8-10,12,26H,6-7,11,23H2,1H3,(H,24,25). The molecule has 30 heavy (non-hydrogen) atoms. The fourth-order valence-electron chi connectivity index (χ4n) is 4.42. The quantitative estimate of drug-likeness (QED) is 0.651. The number of anilines is 2. The van der Waals surface area contributed by atoms with Crippen molar-refractivity contribution in [2.45, 2.75) is 36.5 Å². The largest absolute Gasteiger partial charge is 0.506 e. The van der Waals surface area contributed by atoms with E-state index in [0.29, 0.717) is 23.6 Å². The Kier molecular flexibility index (Phi) is 3.89. The van der Waals surface area contributed by atoms with Crippen LogP contribution in [-0.2, 0) is 20.2 Å². The molecule has 1 atom stereocenters. The van der Waals surface area contributed by atoms with Gasteiger partial charge in [0.2, 0.25) is 0 Å². The van der Waals surface area contributed by atoms with Crippen LogP contribution in [0.2, 0.25) is 0 Å². The van der Waals surface area contributed by atoms with Gasteiger partial charge in [-0.25, -0.2) is 0 Å². The summed E-state index contributed by atoms with van der Waals surface area (Å²) in [7, 11) is -4.09. The number of carbonyl (C=O) groups excluding carboxylic acids is 1. The molecular weight excluding hydrogens is 402 g/mol. The molecule has 1 fully saturated rings. The number of aliphatic hydroxyl groups excluding tert-OH is 1. The number of hydrogen-bond acceptors (Lipinski definition) is 6. The maximum absolute atomic E-state index is 13.7. The molecule has 5 rings (SSSR count). The number of ketones is 1. The van der Waals surface area contributed by atoms with Crippen LogP contribution in [0, 0.1) is 5.92 Å². The van der Waals surface area contributed by atoms with Crippen LogP contribution in [0.3, 0.4) is 0 Å². The molecule has 0 spiro atoms. The zero-order chi connectivity index (χ0) is 21.3. The molecule has 0 amide bonds. The van der Waals surface area contributed by atoms with Crippen molar-refractivity contribution in [3.8, 4) is 0 Å². The van der Waals surface area contributed by atoms with Crippen molar-refractivity contribution in [1.82, 2.24) is 0 Å². The molecule has 0 saturated heterocycles. The summed E-state index contributed by atoms with van der Waals surface area (Å²) in [6, 6.07) is 11.6. The second kappa shape index (κ2) is 6.18. The van der Waals surface area contributed by atoms with Crippen molar-refractivity contribution in [2.24, 2.45) is 10.3 Å². The van der Waals surface area contributed by atoms with Gasteiger partial charge in [-0.3, -0.25) is 4.79 Å². The van der Waals surface area contributed by atoms with Crippen LogP contribution in [-0.4, -0.2) is 25.1 Å². The highest BCUT2D eigenvalue weighted by atomic mass is 32.2. The van der Waals surface area contributed by atoms with E-state index in [1.807, 2.05) is 19.1 Å². The Balaban J connectivity index is 1.70. The van der Waals surface area contributed by atoms with Crippen molar-refractivity contribution in [2.75, 3.05) is 11.1 Å². The van der Waals surface area contributed by atoms with Crippen LogP contribution in [0.4, 0.5) is 11.4 Å². The summed E-state index contributed by atoms with van der Waals surface area (Å²) in [6.07, 6.45) is 2.78. The molecular formula is C22H21N3O4S. The molecule has 2 aromatic rings. The molecule has 1 unspecified atom stereocenters. The number of nitrogens with two attached hydrogens (primary N) is 1. The van der Waals surface area contributed by atoms with Crippen LogP contribution >= 0.6 is 0 Å². The molecule has 2 aliphatic carbocycles. The lowest BCUT2D eigenvalue weighted by Gasteiger charge is -2.36. The first-order chi connectivity index (χ1) is 14.2. The molecule has 0 bridgehead atoms. The van der Waals surface area contributed by atoms with Crippen molar-refractivity contribution < 1.29 is 18.3 Å². The maximum Gasteiger partial charge on any atom is 0.286 e. The smallest absolute Gasteiger partial charge is 0.286 e. The molecule has 7 nitrogen and oxygen atoms in total. The van der Waals surface area contributed by atoms with Gasteiger partial charge < -0.3 is 16.2 Å². The number of nitrogens with zero attached hydrogens (tertiary/aromatic N) is 1. The van der Waals surface area contributed by atoms with E-state index in [1.165, 1.54) is 12.1 Å². The highest BCUT2D eigenvalue weighted by molar-refractivity contribution is 7.90. The number of nitrogen functional groups attached to an aromatic ring is 1. The Bertz CT molecular complexity index is 1280. The molecule has 154 valence electrons. The third-order valence-electron chi connectivity index (χ3n) is 6.12. The van der Waals surface area contributed by atoms with Gasteiger partial charge in [-0.15, -0.1) is 4.40 Å². The minimum Gasteiger partial charge on any atom is -0.506 e. The number of amidine groups is 1. The minimum absolute atomic E-state index is 0.0595. The van der Waals surface area contributed by atoms with Gasteiger partial charge in [0.05, 0.1) is 11.1 Å². The summed E-state index contributed by atoms with van der Waals surface area (Å²) in [4.78, 5) is 13.6. The van der Waals surface area contributed by atoms with Gasteiger partial charge in [0.15, 0.2) is 11.6 Å². The Morgan fingerprint density at radius 3 is 2.70 bits per heavy atom. The first kappa shape index (κ1) is 18.9. The van der Waals surface area contributed by atoms with E-state index < -0.39 is 15.4 Å². The second-order valence-corrected chi connectivity index (χ2v) is 9.95. The third kappa shape index (κ3) is 2.74. The number of aliphatic hydroxyl groups is 1. The molecule has 1 heterocycles. The summed E-state index contributed by atoms with van der Waals surface area (Å²) in [5, 5.41) is 13.9. The maximum atomic E-state index is 13.7. The van der Waals surface area contributed by atoms with E-state index in [2.05, 4.69) is 9.71 Å². The van der Waals surface area contributed by atoms with Crippen LogP contribution in [0.15, 0.2) is 57.3 Å². The molecule has 1 aliphatic heterocycles.